The summed E-state index contributed by atoms with van der Waals surface area (Å²) in [6, 6.07) is 9.43. The molecular formula is C16H17N4O2S2+. The van der Waals surface area contributed by atoms with Crippen molar-refractivity contribution in [1.82, 2.24) is 14.1 Å². The number of anilines is 1. The first kappa shape index (κ1) is 15.6. The van der Waals surface area contributed by atoms with Gasteiger partial charge in [0.25, 0.3) is 0 Å². The third-order valence-electron chi connectivity index (χ3n) is 4.24. The molecule has 2 heterocycles. The van der Waals surface area contributed by atoms with Gasteiger partial charge in [-0.05, 0) is 47.4 Å². The molecule has 0 spiro atoms. The molecular weight excluding hydrogens is 344 g/mol. The lowest BCUT2D eigenvalue weighted by molar-refractivity contribution is 0.503. The minimum absolute atomic E-state index is 0.320. The average Bonchev–Trinajstić information content (AvgIpc) is 3.02. The van der Waals surface area contributed by atoms with Gasteiger partial charge in [0.05, 0.1) is 17.4 Å². The monoisotopic (exact) mass is 361 g/mol. The van der Waals surface area contributed by atoms with Crippen LogP contribution in [0.25, 0.3) is 11.0 Å². The van der Waals surface area contributed by atoms with Gasteiger partial charge in [-0.15, -0.1) is 0 Å². The van der Waals surface area contributed by atoms with Crippen LogP contribution >= 0.6 is 11.7 Å². The topological polar surface area (TPSA) is 87.1 Å². The molecule has 4 rings (SSSR count). The number of hydrogen-bond acceptors (Lipinski definition) is 5. The zero-order valence-electron chi connectivity index (χ0n) is 13.1. The first-order valence-corrected chi connectivity index (χ1v) is 9.88. The van der Waals surface area contributed by atoms with Crippen molar-refractivity contribution >= 4 is 38.8 Å². The highest BCUT2D eigenvalue weighted by molar-refractivity contribution is 7.99. The number of aromatic nitrogens is 2. The molecule has 6 nitrogen and oxygen atoms in total. The summed E-state index contributed by atoms with van der Waals surface area (Å²) in [5.74, 6) is 0. The van der Waals surface area contributed by atoms with Gasteiger partial charge in [0.1, 0.15) is 5.52 Å². The largest absolute Gasteiger partial charge is 0.348 e. The molecule has 1 aromatic heterocycles. The summed E-state index contributed by atoms with van der Waals surface area (Å²) < 4.78 is 35.2. The van der Waals surface area contributed by atoms with Gasteiger partial charge in [-0.3, -0.25) is 0 Å². The van der Waals surface area contributed by atoms with Crippen molar-refractivity contribution in [2.75, 3.05) is 11.3 Å². The molecule has 0 bridgehead atoms. The fraction of sp³-hybridized carbons (Fsp3) is 0.250. The van der Waals surface area contributed by atoms with Gasteiger partial charge in [0, 0.05) is 12.1 Å². The van der Waals surface area contributed by atoms with Gasteiger partial charge < -0.3 is 5.32 Å². The molecule has 3 N–H and O–H groups in total. The Morgan fingerprint density at radius 3 is 3.04 bits per heavy atom. The lowest BCUT2D eigenvalue weighted by Gasteiger charge is -2.20. The van der Waals surface area contributed by atoms with Gasteiger partial charge in [-0.25, -0.2) is 0 Å². The molecule has 1 aliphatic rings. The van der Waals surface area contributed by atoms with Crippen LogP contribution in [0.1, 0.15) is 16.7 Å². The Balaban J connectivity index is 1.80. The molecule has 8 heteroatoms. The van der Waals surface area contributed by atoms with Gasteiger partial charge in [-0.1, -0.05) is 18.2 Å². The number of fused-ring (bicyclic) bond motifs is 2. The zero-order chi connectivity index (χ0) is 16.7. The molecule has 24 heavy (non-hydrogen) atoms. The molecule has 0 saturated carbocycles. The first-order chi connectivity index (χ1) is 11.6. The maximum Gasteiger partial charge on any atom is 0.348 e. The molecule has 1 unspecified atom stereocenters. The number of benzene rings is 2. The van der Waals surface area contributed by atoms with Crippen LogP contribution in [0.5, 0.6) is 0 Å². The van der Waals surface area contributed by atoms with Crippen LogP contribution < -0.4 is 10.0 Å². The van der Waals surface area contributed by atoms with Crippen LogP contribution in [-0.2, 0) is 27.6 Å². The van der Waals surface area contributed by atoms with E-state index in [0.717, 1.165) is 47.9 Å². The van der Waals surface area contributed by atoms with Gasteiger partial charge >= 0.3 is 10.4 Å². The standard InChI is InChI=1S/C16H16N4O2S2/c1-10-5-6-14-15(19-23-18-14)16(10)24(21,22)20-13-4-2-3-11-9-17-8-7-12(11)13/h2-6,17H,7-9H2,1H3,(H-,20,21,22)/p+1. The Labute approximate surface area is 145 Å². The minimum Gasteiger partial charge on any atom is -0.312 e. The molecule has 0 amide bonds. The molecule has 0 radical (unpaired) electrons. The van der Waals surface area contributed by atoms with Crippen molar-refractivity contribution in [1.29, 1.82) is 0 Å². The third kappa shape index (κ3) is 2.61. The Kier molecular flexibility index (Phi) is 3.84. The van der Waals surface area contributed by atoms with Crippen LogP contribution in [0.4, 0.5) is 5.69 Å². The summed E-state index contributed by atoms with van der Waals surface area (Å²) in [7, 11) is -3.49. The highest BCUT2D eigenvalue weighted by atomic mass is 32.3. The van der Waals surface area contributed by atoms with Crippen LogP contribution in [-0.4, -0.2) is 19.8 Å². The van der Waals surface area contributed by atoms with E-state index < -0.39 is 10.4 Å². The molecule has 1 atom stereocenters. The van der Waals surface area contributed by atoms with E-state index in [1.807, 2.05) is 31.2 Å². The molecule has 1 aliphatic heterocycles. The first-order valence-electron chi connectivity index (χ1n) is 7.64. The van der Waals surface area contributed by atoms with Crippen molar-refractivity contribution in [2.24, 2.45) is 0 Å². The smallest absolute Gasteiger partial charge is 0.312 e. The zero-order valence-corrected chi connectivity index (χ0v) is 14.7. The average molecular weight is 361 g/mol. The molecule has 2 aromatic carbocycles. The highest BCUT2D eigenvalue weighted by Gasteiger charge is 2.36. The predicted octanol–water partition coefficient (Wildman–Crippen LogP) is 3.00. The molecule has 0 aliphatic carbocycles. The van der Waals surface area contributed by atoms with E-state index in [2.05, 4.69) is 18.8 Å². The van der Waals surface area contributed by atoms with Gasteiger partial charge in [-0.2, -0.15) is 18.0 Å². The summed E-state index contributed by atoms with van der Waals surface area (Å²) >= 11 is 1.05. The molecule has 0 saturated heterocycles. The Morgan fingerprint density at radius 2 is 2.17 bits per heavy atom. The van der Waals surface area contributed by atoms with Gasteiger partial charge in [0.2, 0.25) is 4.90 Å². The van der Waals surface area contributed by atoms with E-state index in [4.69, 9.17) is 0 Å². The molecule has 3 aromatic rings. The minimum atomic E-state index is -3.49. The maximum atomic E-state index is 13.1. The summed E-state index contributed by atoms with van der Waals surface area (Å²) in [5, 5.41) is 3.31. The fourth-order valence-electron chi connectivity index (χ4n) is 3.11. The highest BCUT2D eigenvalue weighted by Crippen LogP contribution is 2.32. The Bertz CT molecular complexity index is 970. The second-order valence-corrected chi connectivity index (χ2v) is 8.03. The maximum absolute atomic E-state index is 13.1. The number of hydrogen-bond donors (Lipinski definition) is 3. The van der Waals surface area contributed by atoms with Crippen LogP contribution in [0.2, 0.25) is 0 Å². The quantitative estimate of drug-likeness (QED) is 0.624. The van der Waals surface area contributed by atoms with E-state index in [1.54, 1.807) is 6.07 Å². The van der Waals surface area contributed by atoms with E-state index in [9.17, 15) is 8.76 Å². The van der Waals surface area contributed by atoms with Crippen molar-refractivity contribution in [3.05, 3.63) is 47.0 Å². The lowest BCUT2D eigenvalue weighted by atomic mass is 9.99. The fourth-order valence-corrected chi connectivity index (χ4v) is 5.21. The predicted molar refractivity (Wildman–Crippen MR) is 96.6 cm³/mol. The van der Waals surface area contributed by atoms with E-state index in [1.165, 1.54) is 0 Å². The Hall–Kier alpha value is -1.87. The van der Waals surface area contributed by atoms with Crippen LogP contribution in [0, 0.1) is 6.92 Å². The normalized spacial score (nSPS) is 16.6. The summed E-state index contributed by atoms with van der Waals surface area (Å²) in [5.41, 5.74) is 4.82. The second kappa shape index (κ2) is 5.89. The van der Waals surface area contributed by atoms with Crippen LogP contribution in [0.15, 0.2) is 35.2 Å². The lowest BCUT2D eigenvalue weighted by Crippen LogP contribution is -2.27. The van der Waals surface area contributed by atoms with E-state index in [0.29, 0.717) is 21.6 Å². The second-order valence-electron chi connectivity index (χ2n) is 5.84. The Morgan fingerprint density at radius 1 is 1.29 bits per heavy atom. The van der Waals surface area contributed by atoms with Crippen molar-refractivity contribution in [3.8, 4) is 0 Å². The summed E-state index contributed by atoms with van der Waals surface area (Å²) in [4.78, 5) is 0.320. The SMILES string of the molecule is Cc1ccc2nsnc2c1[S+](=O)(O)Nc1cccc2c1CCNC2. The summed E-state index contributed by atoms with van der Waals surface area (Å²) in [6.07, 6.45) is 0.829. The number of nitrogens with zero attached hydrogens (tertiary/aromatic N) is 2. The van der Waals surface area contributed by atoms with Crippen molar-refractivity contribution in [3.63, 3.8) is 0 Å². The van der Waals surface area contributed by atoms with E-state index in [-0.39, 0.29) is 0 Å². The summed E-state index contributed by atoms with van der Waals surface area (Å²) in [6.45, 7) is 3.46. The van der Waals surface area contributed by atoms with Gasteiger partial charge in [0.15, 0.2) is 5.52 Å². The number of rotatable bonds is 3. The van der Waals surface area contributed by atoms with Crippen molar-refractivity contribution in [2.45, 2.75) is 24.8 Å². The molecule has 124 valence electrons. The number of aryl methyl sites for hydroxylation is 1. The van der Waals surface area contributed by atoms with Crippen LogP contribution in [0.3, 0.4) is 0 Å². The number of nitrogens with one attached hydrogen (secondary N) is 2. The third-order valence-corrected chi connectivity index (χ3v) is 6.35. The molecule has 0 fully saturated rings. The van der Waals surface area contributed by atoms with E-state index >= 15 is 0 Å². The van der Waals surface area contributed by atoms with Crippen molar-refractivity contribution < 1.29 is 8.76 Å².